The van der Waals surface area contributed by atoms with Gasteiger partial charge in [-0.15, -0.1) is 0 Å². The van der Waals surface area contributed by atoms with E-state index in [1.54, 1.807) is 0 Å². The summed E-state index contributed by atoms with van der Waals surface area (Å²) in [6.45, 7) is 0.0781. The summed E-state index contributed by atoms with van der Waals surface area (Å²) in [5, 5.41) is 26.3. The van der Waals surface area contributed by atoms with Crippen molar-refractivity contribution in [2.75, 3.05) is 6.61 Å². The second-order valence-electron chi connectivity index (χ2n) is 2.79. The molecule has 0 bridgehead atoms. The predicted octanol–water partition coefficient (Wildman–Crippen LogP) is -2.52. The fourth-order valence-electron chi connectivity index (χ4n) is 0.776. The molecule has 0 spiro atoms. The van der Waals surface area contributed by atoms with Gasteiger partial charge in [-0.05, 0) is 6.92 Å². The summed E-state index contributed by atoms with van der Waals surface area (Å²) in [5.74, 6) is -1.25. The summed E-state index contributed by atoms with van der Waals surface area (Å²) < 4.78 is 32.7. The molecule has 0 aliphatic heterocycles. The Morgan fingerprint density at radius 3 is 2.13 bits per heavy atom. The molecule has 0 rings (SSSR count). The van der Waals surface area contributed by atoms with Gasteiger partial charge >= 0.3 is 10.4 Å². The van der Waals surface area contributed by atoms with Gasteiger partial charge in [0.1, 0.15) is 6.10 Å². The van der Waals surface area contributed by atoms with Gasteiger partial charge < -0.3 is 15.3 Å². The molecule has 0 unspecified atom stereocenters. The van der Waals surface area contributed by atoms with Crippen molar-refractivity contribution in [1.29, 1.82) is 0 Å². The summed E-state index contributed by atoms with van der Waals surface area (Å²) in [4.78, 5) is 11.1. The highest BCUT2D eigenvalue weighted by Crippen LogP contribution is 2.07. The van der Waals surface area contributed by atoms with Crippen LogP contribution in [0.2, 0.25) is 0 Å². The first kappa shape index (κ1) is 14.4. The quantitative estimate of drug-likeness (QED) is 0.375. The van der Waals surface area contributed by atoms with Gasteiger partial charge in [0.15, 0.2) is 11.9 Å². The van der Waals surface area contributed by atoms with Crippen LogP contribution in [0.5, 0.6) is 0 Å². The lowest BCUT2D eigenvalue weighted by Gasteiger charge is -2.18. The number of aliphatic hydroxyl groups is 3. The lowest BCUT2D eigenvalue weighted by molar-refractivity contribution is -0.140. The molecule has 0 aliphatic rings. The number of Topliss-reactive ketones (excluding diaryl/α,β-unsaturated/α-hetero) is 1. The summed E-state index contributed by atoms with van der Waals surface area (Å²) in [6, 6.07) is 0. The Morgan fingerprint density at radius 2 is 1.87 bits per heavy atom. The Bertz CT molecular complexity index is 307. The number of rotatable bonds is 6. The third-order valence-corrected chi connectivity index (χ3v) is 1.90. The minimum absolute atomic E-state index is 0.948. The van der Waals surface area contributed by atoms with E-state index in [0.29, 0.717) is 0 Å². The number of hydrogen-bond acceptors (Lipinski definition) is 7. The van der Waals surface area contributed by atoms with Gasteiger partial charge in [0.2, 0.25) is 0 Å². The lowest BCUT2D eigenvalue weighted by Crippen LogP contribution is -2.43. The van der Waals surface area contributed by atoms with Crippen molar-refractivity contribution >= 4 is 16.2 Å². The van der Waals surface area contributed by atoms with Crippen molar-refractivity contribution in [3.63, 3.8) is 0 Å². The largest absolute Gasteiger partial charge is 0.398 e. The standard InChI is InChI=1S/C6H12O8S/c1-3(8)6(14-15(11,12)13)5(10)4(9)2-7/h3-4,6-9H,2H2,1H3,(H,11,12,13)/t3-,4+,6+/m1/s1. The molecule has 0 amide bonds. The minimum Gasteiger partial charge on any atom is -0.393 e. The zero-order valence-corrected chi connectivity index (χ0v) is 8.59. The minimum atomic E-state index is -4.93. The Balaban J connectivity index is 4.76. The highest BCUT2D eigenvalue weighted by molar-refractivity contribution is 7.80. The van der Waals surface area contributed by atoms with E-state index in [4.69, 9.17) is 19.9 Å². The van der Waals surface area contributed by atoms with Gasteiger partial charge in [-0.1, -0.05) is 0 Å². The first-order valence-corrected chi connectivity index (χ1v) is 5.22. The first-order valence-electron chi connectivity index (χ1n) is 3.85. The van der Waals surface area contributed by atoms with Gasteiger partial charge in [-0.2, -0.15) is 8.42 Å². The van der Waals surface area contributed by atoms with Crippen molar-refractivity contribution in [2.24, 2.45) is 0 Å². The first-order chi connectivity index (χ1) is 6.69. The fraction of sp³-hybridized carbons (Fsp3) is 0.833. The molecule has 0 aromatic heterocycles. The van der Waals surface area contributed by atoms with Crippen LogP contribution in [-0.4, -0.2) is 59.0 Å². The van der Waals surface area contributed by atoms with Crippen LogP contribution in [0, 0.1) is 0 Å². The number of carbonyl (C=O) groups excluding carboxylic acids is 1. The van der Waals surface area contributed by atoms with Crippen LogP contribution >= 0.6 is 0 Å². The van der Waals surface area contributed by atoms with Crippen molar-refractivity contribution in [3.05, 3.63) is 0 Å². The SMILES string of the molecule is C[C@@H](O)[C@H](OS(=O)(=O)O)C(=O)[C@@H](O)CO. The molecule has 0 heterocycles. The van der Waals surface area contributed by atoms with E-state index in [1.165, 1.54) is 0 Å². The number of hydrogen-bond donors (Lipinski definition) is 4. The van der Waals surface area contributed by atoms with E-state index in [9.17, 15) is 13.2 Å². The molecule has 8 nitrogen and oxygen atoms in total. The molecule has 0 saturated heterocycles. The van der Waals surface area contributed by atoms with Crippen LogP contribution in [0.25, 0.3) is 0 Å². The van der Waals surface area contributed by atoms with E-state index in [0.717, 1.165) is 6.92 Å². The molecule has 0 aromatic carbocycles. The van der Waals surface area contributed by atoms with E-state index in [-0.39, 0.29) is 0 Å². The zero-order chi connectivity index (χ0) is 12.2. The van der Waals surface area contributed by atoms with Gasteiger partial charge in [-0.25, -0.2) is 4.18 Å². The molecule has 0 aliphatic carbocycles. The van der Waals surface area contributed by atoms with E-state index in [1.807, 2.05) is 0 Å². The van der Waals surface area contributed by atoms with E-state index < -0.39 is 41.1 Å². The fourth-order valence-corrected chi connectivity index (χ4v) is 1.29. The van der Waals surface area contributed by atoms with Gasteiger partial charge in [0.05, 0.1) is 12.7 Å². The summed E-state index contributed by atoms with van der Waals surface area (Å²) >= 11 is 0. The maximum Gasteiger partial charge on any atom is 0.398 e. The molecule has 3 atom stereocenters. The van der Waals surface area contributed by atoms with Gasteiger partial charge in [0, 0.05) is 0 Å². The Morgan fingerprint density at radius 1 is 1.40 bits per heavy atom. The zero-order valence-electron chi connectivity index (χ0n) is 7.77. The van der Waals surface area contributed by atoms with Crippen molar-refractivity contribution in [3.8, 4) is 0 Å². The number of carbonyl (C=O) groups is 1. The van der Waals surface area contributed by atoms with Crippen LogP contribution in [0.4, 0.5) is 0 Å². The molecule has 9 heteroatoms. The van der Waals surface area contributed by atoms with E-state index >= 15 is 0 Å². The Hall–Kier alpha value is -0.580. The summed E-state index contributed by atoms with van der Waals surface area (Å²) in [6.07, 6.45) is -5.41. The van der Waals surface area contributed by atoms with Crippen molar-refractivity contribution in [1.82, 2.24) is 0 Å². The van der Waals surface area contributed by atoms with Crippen LogP contribution in [-0.2, 0) is 19.4 Å². The van der Waals surface area contributed by atoms with Crippen LogP contribution in [0.15, 0.2) is 0 Å². The molecule has 15 heavy (non-hydrogen) atoms. The summed E-state index contributed by atoms with van der Waals surface area (Å²) in [5.41, 5.74) is 0. The van der Waals surface area contributed by atoms with E-state index in [2.05, 4.69) is 4.18 Å². The van der Waals surface area contributed by atoms with Crippen molar-refractivity contribution in [2.45, 2.75) is 25.2 Å². The highest BCUT2D eigenvalue weighted by atomic mass is 32.3. The second kappa shape index (κ2) is 5.49. The van der Waals surface area contributed by atoms with Gasteiger partial charge in [-0.3, -0.25) is 9.35 Å². The van der Waals surface area contributed by atoms with Crippen LogP contribution in [0.3, 0.4) is 0 Å². The monoisotopic (exact) mass is 244 g/mol. The highest BCUT2D eigenvalue weighted by Gasteiger charge is 2.33. The smallest absolute Gasteiger partial charge is 0.393 e. The maximum absolute atomic E-state index is 11.1. The molecule has 0 aromatic rings. The van der Waals surface area contributed by atoms with Gasteiger partial charge in [0.25, 0.3) is 0 Å². The average molecular weight is 244 g/mol. The summed E-state index contributed by atoms with van der Waals surface area (Å²) in [7, 11) is -4.93. The van der Waals surface area contributed by atoms with Crippen LogP contribution in [0.1, 0.15) is 6.92 Å². The Labute approximate surface area is 86.1 Å². The Kier molecular flexibility index (Phi) is 5.28. The normalized spacial score (nSPS) is 18.2. The molecule has 90 valence electrons. The second-order valence-corrected chi connectivity index (χ2v) is 3.83. The number of aliphatic hydroxyl groups excluding tert-OH is 3. The third-order valence-electron chi connectivity index (χ3n) is 1.45. The maximum atomic E-state index is 11.1. The van der Waals surface area contributed by atoms with Crippen LogP contribution < -0.4 is 0 Å². The number of ketones is 1. The molecule has 0 radical (unpaired) electrons. The molecule has 0 saturated carbocycles. The lowest BCUT2D eigenvalue weighted by atomic mass is 10.1. The van der Waals surface area contributed by atoms with Crippen molar-refractivity contribution < 1.29 is 37.3 Å². The molecular formula is C6H12O8S. The topological polar surface area (TPSA) is 141 Å². The molecular weight excluding hydrogens is 232 g/mol. The third kappa shape index (κ3) is 5.16. The average Bonchev–Trinajstić information content (AvgIpc) is 2.10. The predicted molar refractivity (Wildman–Crippen MR) is 46.2 cm³/mol. The molecule has 4 N–H and O–H groups in total. The molecule has 0 fully saturated rings.